The fourth-order valence-electron chi connectivity index (χ4n) is 3.27. The molecule has 186 valence electrons. The minimum Gasteiger partial charge on any atom is -0.494 e. The van der Waals surface area contributed by atoms with E-state index in [0.29, 0.717) is 37.1 Å². The normalized spacial score (nSPS) is 10.8. The third-order valence-electron chi connectivity index (χ3n) is 5.40. The van der Waals surface area contributed by atoms with Gasteiger partial charge in [0.15, 0.2) is 0 Å². The van der Waals surface area contributed by atoms with Gasteiger partial charge in [0.2, 0.25) is 5.96 Å². The lowest BCUT2D eigenvalue weighted by molar-refractivity contribution is 0.300. The molecule has 35 heavy (non-hydrogen) atoms. The lowest BCUT2D eigenvalue weighted by Gasteiger charge is -2.27. The van der Waals surface area contributed by atoms with Gasteiger partial charge in [-0.3, -0.25) is 20.7 Å². The molecule has 2 rings (SSSR count). The number of rotatable bonds is 13. The number of amidine groups is 2. The second-order valence-corrected chi connectivity index (χ2v) is 7.99. The predicted molar refractivity (Wildman–Crippen MR) is 144 cm³/mol. The lowest BCUT2D eigenvalue weighted by atomic mass is 10.2. The Balaban J connectivity index is 1.64. The van der Waals surface area contributed by atoms with Gasteiger partial charge in [-0.2, -0.15) is 0 Å². The highest BCUT2D eigenvalue weighted by Gasteiger charge is 2.12. The van der Waals surface area contributed by atoms with Crippen LogP contribution < -0.4 is 21.5 Å². The SMILES string of the molecule is C#CN(CCCCOc1ccc(C(N)=NC)cc1)C(=N)N(C)CCCNc1ccc(C(=N)N)cc1. The number of anilines is 1. The van der Waals surface area contributed by atoms with E-state index in [4.69, 9.17) is 33.4 Å². The highest BCUT2D eigenvalue weighted by Crippen LogP contribution is 2.13. The van der Waals surface area contributed by atoms with E-state index in [9.17, 15) is 0 Å². The molecule has 0 saturated heterocycles. The highest BCUT2D eigenvalue weighted by atomic mass is 16.5. The van der Waals surface area contributed by atoms with Crippen LogP contribution in [0.3, 0.4) is 0 Å². The van der Waals surface area contributed by atoms with E-state index >= 15 is 0 Å². The third-order valence-corrected chi connectivity index (χ3v) is 5.40. The number of nitrogens with zero attached hydrogens (tertiary/aromatic N) is 3. The molecule has 0 aliphatic heterocycles. The molecule has 0 heterocycles. The Morgan fingerprint density at radius 3 is 2.26 bits per heavy atom. The van der Waals surface area contributed by atoms with Gasteiger partial charge in [-0.15, -0.1) is 0 Å². The van der Waals surface area contributed by atoms with Crippen LogP contribution in [0.5, 0.6) is 5.75 Å². The number of aliphatic imine (C=N–C) groups is 1. The van der Waals surface area contributed by atoms with Gasteiger partial charge >= 0.3 is 0 Å². The maximum absolute atomic E-state index is 8.41. The molecule has 2 aromatic rings. The summed E-state index contributed by atoms with van der Waals surface area (Å²) in [4.78, 5) is 7.44. The van der Waals surface area contributed by atoms with Crippen molar-refractivity contribution in [2.75, 3.05) is 45.7 Å². The summed E-state index contributed by atoms with van der Waals surface area (Å²) in [6, 6.07) is 17.6. The molecule has 2 aromatic carbocycles. The molecule has 0 fully saturated rings. The van der Waals surface area contributed by atoms with E-state index in [-0.39, 0.29) is 5.84 Å². The van der Waals surface area contributed by atoms with E-state index in [1.165, 1.54) is 0 Å². The van der Waals surface area contributed by atoms with Gasteiger partial charge in [0, 0.05) is 56.6 Å². The van der Waals surface area contributed by atoms with E-state index in [2.05, 4.69) is 16.4 Å². The molecular weight excluding hydrogens is 440 g/mol. The van der Waals surface area contributed by atoms with E-state index in [1.54, 1.807) is 11.9 Å². The largest absolute Gasteiger partial charge is 0.494 e. The Labute approximate surface area is 208 Å². The number of terminal acetylenes is 1. The van der Waals surface area contributed by atoms with Gasteiger partial charge in [-0.05, 0) is 67.8 Å². The Morgan fingerprint density at radius 2 is 1.66 bits per heavy atom. The summed E-state index contributed by atoms with van der Waals surface area (Å²) < 4.78 is 5.78. The summed E-state index contributed by atoms with van der Waals surface area (Å²) in [6.07, 6.45) is 8.13. The van der Waals surface area contributed by atoms with Crippen molar-refractivity contribution >= 4 is 23.3 Å². The predicted octanol–water partition coefficient (Wildman–Crippen LogP) is 2.73. The number of nitrogens with one attached hydrogen (secondary N) is 3. The van der Waals surface area contributed by atoms with Crippen LogP contribution in [0.15, 0.2) is 53.5 Å². The molecule has 0 aromatic heterocycles. The standard InChI is InChI=1S/C26H36N8O/c1-4-34(18-5-6-19-35-23-14-10-21(11-15-23)25(29)31-2)26(30)33(3)17-7-16-32-22-12-8-20(9-13-22)24(27)28/h1,8-15,30,32H,5-7,16-19H2,2-3H3,(H3,27,28)(H2,29,31). The average Bonchev–Trinajstić information content (AvgIpc) is 2.88. The van der Waals surface area contributed by atoms with Gasteiger partial charge < -0.3 is 26.4 Å². The second-order valence-electron chi connectivity index (χ2n) is 7.99. The van der Waals surface area contributed by atoms with Gasteiger partial charge in [-0.1, -0.05) is 6.42 Å². The molecule has 0 aliphatic rings. The van der Waals surface area contributed by atoms with Crippen molar-refractivity contribution in [3.05, 3.63) is 59.7 Å². The molecule has 0 atom stereocenters. The van der Waals surface area contributed by atoms with Crippen LogP contribution in [0.1, 0.15) is 30.4 Å². The molecule has 0 saturated carbocycles. The summed E-state index contributed by atoms with van der Waals surface area (Å²) in [5.74, 6) is 1.64. The molecule has 0 amide bonds. The number of hydrogen-bond acceptors (Lipinski definition) is 5. The Bertz CT molecular complexity index is 1020. The second kappa shape index (κ2) is 14.2. The summed E-state index contributed by atoms with van der Waals surface area (Å²) >= 11 is 0. The van der Waals surface area contributed by atoms with Crippen LogP contribution in [0, 0.1) is 23.3 Å². The van der Waals surface area contributed by atoms with Crippen LogP contribution in [-0.2, 0) is 0 Å². The van der Waals surface area contributed by atoms with E-state index in [1.807, 2.05) is 60.5 Å². The van der Waals surface area contributed by atoms with Gasteiger partial charge in [0.1, 0.15) is 17.4 Å². The number of hydrogen-bond donors (Lipinski definition) is 5. The van der Waals surface area contributed by atoms with Crippen LogP contribution in [-0.4, -0.2) is 67.8 Å². The molecule has 0 spiro atoms. The monoisotopic (exact) mass is 476 g/mol. The number of guanidine groups is 1. The number of nitrogens with two attached hydrogens (primary N) is 2. The molecule has 0 aliphatic carbocycles. The zero-order chi connectivity index (χ0) is 25.6. The maximum atomic E-state index is 8.41. The maximum Gasteiger partial charge on any atom is 0.205 e. The first-order valence-electron chi connectivity index (χ1n) is 11.5. The molecule has 9 nitrogen and oxygen atoms in total. The van der Waals surface area contributed by atoms with Crippen LogP contribution >= 0.6 is 0 Å². The lowest BCUT2D eigenvalue weighted by Crippen LogP contribution is -2.40. The van der Waals surface area contributed by atoms with Crippen molar-refractivity contribution in [2.24, 2.45) is 16.5 Å². The minimum absolute atomic E-state index is 0.0566. The summed E-state index contributed by atoms with van der Waals surface area (Å²) in [5.41, 5.74) is 13.8. The number of ether oxygens (including phenoxy) is 1. The molecule has 0 radical (unpaired) electrons. The van der Waals surface area contributed by atoms with Crippen molar-refractivity contribution in [1.82, 2.24) is 9.80 Å². The zero-order valence-corrected chi connectivity index (χ0v) is 20.6. The Hall–Kier alpha value is -4.19. The van der Waals surface area contributed by atoms with Crippen molar-refractivity contribution < 1.29 is 4.74 Å². The molecule has 0 bridgehead atoms. The van der Waals surface area contributed by atoms with Crippen molar-refractivity contribution in [2.45, 2.75) is 19.3 Å². The average molecular weight is 477 g/mol. The first kappa shape index (κ1) is 27.1. The number of benzene rings is 2. The number of unbranched alkanes of at least 4 members (excludes halogenated alkanes) is 1. The van der Waals surface area contributed by atoms with Crippen LogP contribution in [0.25, 0.3) is 0 Å². The van der Waals surface area contributed by atoms with E-state index in [0.717, 1.165) is 42.8 Å². The van der Waals surface area contributed by atoms with Gasteiger partial charge in [-0.25, -0.2) is 0 Å². The molecule has 0 unspecified atom stereocenters. The minimum atomic E-state index is 0.0566. The van der Waals surface area contributed by atoms with E-state index < -0.39 is 0 Å². The summed E-state index contributed by atoms with van der Waals surface area (Å²) in [6.45, 7) is 2.61. The smallest absolute Gasteiger partial charge is 0.205 e. The third kappa shape index (κ3) is 8.93. The Morgan fingerprint density at radius 1 is 1.00 bits per heavy atom. The molecule has 7 N–H and O–H groups in total. The molecule has 9 heteroatoms. The fourth-order valence-corrected chi connectivity index (χ4v) is 3.27. The van der Waals surface area contributed by atoms with Crippen molar-refractivity contribution in [1.29, 1.82) is 10.8 Å². The van der Waals surface area contributed by atoms with Gasteiger partial charge in [0.05, 0.1) is 6.61 Å². The first-order chi connectivity index (χ1) is 16.8. The van der Waals surface area contributed by atoms with Gasteiger partial charge in [0.25, 0.3) is 0 Å². The fraction of sp³-hybridized carbons (Fsp3) is 0.346. The quantitative estimate of drug-likeness (QED) is 0.0990. The van der Waals surface area contributed by atoms with Crippen molar-refractivity contribution in [3.63, 3.8) is 0 Å². The number of nitrogen functional groups attached to an aromatic ring is 1. The summed E-state index contributed by atoms with van der Waals surface area (Å²) in [5, 5.41) is 19.2. The van der Waals surface area contributed by atoms with Crippen molar-refractivity contribution in [3.8, 4) is 18.2 Å². The topological polar surface area (TPSA) is 140 Å². The Kier molecular flexibility index (Phi) is 10.9. The highest BCUT2D eigenvalue weighted by molar-refractivity contribution is 5.97. The summed E-state index contributed by atoms with van der Waals surface area (Å²) in [7, 11) is 3.53. The van der Waals surface area contributed by atoms with Crippen LogP contribution in [0.4, 0.5) is 5.69 Å². The van der Waals surface area contributed by atoms with Crippen LogP contribution in [0.2, 0.25) is 0 Å². The first-order valence-corrected chi connectivity index (χ1v) is 11.5. The molecular formula is C26H36N8O. The zero-order valence-electron chi connectivity index (χ0n) is 20.6.